The molecule has 0 spiro atoms. The molecule has 0 radical (unpaired) electrons. The summed E-state index contributed by atoms with van der Waals surface area (Å²) in [5.41, 5.74) is 1.65. The van der Waals surface area contributed by atoms with Crippen LogP contribution in [0.4, 0.5) is 0 Å². The Labute approximate surface area is 178 Å². The number of halogens is 1. The van der Waals surface area contributed by atoms with E-state index in [1.807, 2.05) is 6.07 Å². The molecular weight excluding hydrogens is 438 g/mol. The molecule has 0 atom stereocenters. The van der Waals surface area contributed by atoms with Crippen LogP contribution < -0.4 is 14.2 Å². The van der Waals surface area contributed by atoms with Crippen molar-refractivity contribution in [2.24, 2.45) is 4.99 Å². The van der Waals surface area contributed by atoms with Gasteiger partial charge in [-0.2, -0.15) is 0 Å². The minimum absolute atomic E-state index is 0.212. The third kappa shape index (κ3) is 4.98. The average Bonchev–Trinajstić information content (AvgIpc) is 3.09. The largest absolute Gasteiger partial charge is 0.497 e. The van der Waals surface area contributed by atoms with E-state index in [0.29, 0.717) is 29.4 Å². The lowest BCUT2D eigenvalue weighted by atomic mass is 10.1. The number of hydrogen-bond donors (Lipinski definition) is 0. The number of esters is 1. The van der Waals surface area contributed by atoms with Crippen molar-refractivity contribution in [3.8, 4) is 17.2 Å². The molecule has 152 valence electrons. The molecular formula is C22H22BrNO5. The zero-order chi connectivity index (χ0) is 20.8. The first-order valence-electron chi connectivity index (χ1n) is 9.23. The lowest BCUT2D eigenvalue weighted by Crippen LogP contribution is -2.05. The summed E-state index contributed by atoms with van der Waals surface area (Å²) in [5, 5.41) is 0. The van der Waals surface area contributed by atoms with Gasteiger partial charge in [-0.25, -0.2) is 9.79 Å². The highest BCUT2D eigenvalue weighted by molar-refractivity contribution is 9.10. The van der Waals surface area contributed by atoms with E-state index in [-0.39, 0.29) is 11.6 Å². The van der Waals surface area contributed by atoms with Crippen LogP contribution in [0.25, 0.3) is 6.08 Å². The summed E-state index contributed by atoms with van der Waals surface area (Å²) in [4.78, 5) is 16.6. The molecule has 3 rings (SSSR count). The van der Waals surface area contributed by atoms with Gasteiger partial charge in [0.2, 0.25) is 5.90 Å². The fraction of sp³-hybridized carbons (Fsp3) is 0.273. The van der Waals surface area contributed by atoms with Gasteiger partial charge in [-0.1, -0.05) is 13.3 Å². The summed E-state index contributed by atoms with van der Waals surface area (Å²) in [6.07, 6.45) is 3.65. The molecule has 1 aliphatic rings. The monoisotopic (exact) mass is 459 g/mol. The molecule has 6 nitrogen and oxygen atoms in total. The summed E-state index contributed by atoms with van der Waals surface area (Å²) < 4.78 is 22.5. The van der Waals surface area contributed by atoms with Gasteiger partial charge in [0.05, 0.1) is 25.3 Å². The Morgan fingerprint density at radius 3 is 2.55 bits per heavy atom. The van der Waals surface area contributed by atoms with E-state index >= 15 is 0 Å². The molecule has 29 heavy (non-hydrogen) atoms. The van der Waals surface area contributed by atoms with Gasteiger partial charge in [0, 0.05) is 5.56 Å². The zero-order valence-corrected chi connectivity index (χ0v) is 18.1. The van der Waals surface area contributed by atoms with Crippen LogP contribution in [0.2, 0.25) is 0 Å². The van der Waals surface area contributed by atoms with Crippen molar-refractivity contribution in [3.05, 3.63) is 57.7 Å². The normalized spacial score (nSPS) is 14.6. The number of hydrogen-bond acceptors (Lipinski definition) is 6. The first-order valence-corrected chi connectivity index (χ1v) is 10.0. The second-order valence-electron chi connectivity index (χ2n) is 6.30. The Hall–Kier alpha value is -2.80. The smallest absolute Gasteiger partial charge is 0.363 e. The molecule has 0 N–H and O–H groups in total. The molecule has 0 saturated heterocycles. The van der Waals surface area contributed by atoms with Gasteiger partial charge in [-0.05, 0) is 70.4 Å². The number of aliphatic imine (C=N–C) groups is 1. The minimum atomic E-state index is -0.505. The van der Waals surface area contributed by atoms with E-state index in [1.165, 1.54) is 0 Å². The molecule has 0 fully saturated rings. The molecule has 2 aromatic rings. The number of methoxy groups -OCH3 is 2. The molecule has 0 unspecified atom stereocenters. The topological polar surface area (TPSA) is 66.3 Å². The lowest BCUT2D eigenvalue weighted by Gasteiger charge is -2.13. The molecule has 0 aliphatic carbocycles. The van der Waals surface area contributed by atoms with Crippen LogP contribution in [0, 0.1) is 0 Å². The van der Waals surface area contributed by atoms with Crippen molar-refractivity contribution in [2.45, 2.75) is 19.8 Å². The third-order valence-corrected chi connectivity index (χ3v) is 4.85. The van der Waals surface area contributed by atoms with E-state index in [4.69, 9.17) is 18.9 Å². The number of carbonyl (C=O) groups excluding carboxylic acids is 1. The molecule has 1 heterocycles. The van der Waals surface area contributed by atoms with Crippen LogP contribution >= 0.6 is 15.9 Å². The van der Waals surface area contributed by atoms with E-state index < -0.39 is 5.97 Å². The Morgan fingerprint density at radius 2 is 1.90 bits per heavy atom. The van der Waals surface area contributed by atoms with Gasteiger partial charge >= 0.3 is 5.97 Å². The van der Waals surface area contributed by atoms with Crippen molar-refractivity contribution in [1.82, 2.24) is 0 Å². The first-order chi connectivity index (χ1) is 14.0. The summed E-state index contributed by atoms with van der Waals surface area (Å²) in [5.74, 6) is 1.68. The number of ether oxygens (including phenoxy) is 4. The van der Waals surface area contributed by atoms with Crippen molar-refractivity contribution >= 4 is 33.9 Å². The number of nitrogens with zero attached hydrogens (tertiary/aromatic N) is 1. The maximum absolute atomic E-state index is 12.3. The standard InChI is InChI=1S/C22H22BrNO5/c1-4-5-10-28-20-17(23)11-14(13-19(20)27-3)12-18-22(25)29-21(24-18)15-6-8-16(26-2)9-7-15/h6-9,11-13H,4-5,10H2,1-3H3. The SMILES string of the molecule is CCCCOc1c(Br)cc(C=C2N=C(c3ccc(OC)cc3)OC2=O)cc1OC. The Balaban J connectivity index is 1.87. The van der Waals surface area contributed by atoms with Crippen molar-refractivity contribution < 1.29 is 23.7 Å². The summed E-state index contributed by atoms with van der Waals surface area (Å²) in [6.45, 7) is 2.71. The molecule has 0 saturated carbocycles. The van der Waals surface area contributed by atoms with Crippen molar-refractivity contribution in [1.29, 1.82) is 0 Å². The number of benzene rings is 2. The van der Waals surface area contributed by atoms with Gasteiger partial charge in [0.15, 0.2) is 17.2 Å². The fourth-order valence-corrected chi connectivity index (χ4v) is 3.28. The second kappa shape index (κ2) is 9.60. The summed E-state index contributed by atoms with van der Waals surface area (Å²) >= 11 is 3.52. The lowest BCUT2D eigenvalue weighted by molar-refractivity contribution is -0.129. The van der Waals surface area contributed by atoms with E-state index in [0.717, 1.165) is 22.9 Å². The Bertz CT molecular complexity index is 950. The van der Waals surface area contributed by atoms with Crippen LogP contribution in [-0.2, 0) is 9.53 Å². The highest BCUT2D eigenvalue weighted by atomic mass is 79.9. The quantitative estimate of drug-likeness (QED) is 0.316. The average molecular weight is 460 g/mol. The molecule has 1 aliphatic heterocycles. The number of carbonyl (C=O) groups is 1. The van der Waals surface area contributed by atoms with E-state index in [9.17, 15) is 4.79 Å². The number of unbranched alkanes of at least 4 members (excludes halogenated alkanes) is 1. The van der Waals surface area contributed by atoms with Gasteiger partial charge in [0.1, 0.15) is 5.75 Å². The second-order valence-corrected chi connectivity index (χ2v) is 7.16. The van der Waals surface area contributed by atoms with Crippen LogP contribution in [-0.4, -0.2) is 32.7 Å². The zero-order valence-electron chi connectivity index (χ0n) is 16.5. The number of cyclic esters (lactones) is 1. The Kier molecular flexibility index (Phi) is 6.93. The highest BCUT2D eigenvalue weighted by Gasteiger charge is 2.24. The highest BCUT2D eigenvalue weighted by Crippen LogP contribution is 2.37. The predicted octanol–water partition coefficient (Wildman–Crippen LogP) is 4.99. The maximum Gasteiger partial charge on any atom is 0.363 e. The van der Waals surface area contributed by atoms with E-state index in [1.54, 1.807) is 50.6 Å². The predicted molar refractivity (Wildman–Crippen MR) is 115 cm³/mol. The summed E-state index contributed by atoms with van der Waals surface area (Å²) in [6, 6.07) is 10.8. The summed E-state index contributed by atoms with van der Waals surface area (Å²) in [7, 11) is 3.17. The molecule has 2 aromatic carbocycles. The minimum Gasteiger partial charge on any atom is -0.497 e. The van der Waals surface area contributed by atoms with Crippen LogP contribution in [0.3, 0.4) is 0 Å². The fourth-order valence-electron chi connectivity index (χ4n) is 2.71. The van der Waals surface area contributed by atoms with E-state index in [2.05, 4.69) is 27.8 Å². The molecule has 7 heteroatoms. The van der Waals surface area contributed by atoms with Crippen molar-refractivity contribution in [3.63, 3.8) is 0 Å². The van der Waals surface area contributed by atoms with Crippen molar-refractivity contribution in [2.75, 3.05) is 20.8 Å². The van der Waals surface area contributed by atoms with Crippen LogP contribution in [0.5, 0.6) is 17.2 Å². The van der Waals surface area contributed by atoms with Crippen LogP contribution in [0.15, 0.2) is 51.6 Å². The third-order valence-electron chi connectivity index (χ3n) is 4.26. The van der Waals surface area contributed by atoms with Gasteiger partial charge in [0.25, 0.3) is 0 Å². The van der Waals surface area contributed by atoms with Crippen LogP contribution in [0.1, 0.15) is 30.9 Å². The van der Waals surface area contributed by atoms with Gasteiger partial charge in [-0.3, -0.25) is 0 Å². The molecule has 0 bridgehead atoms. The van der Waals surface area contributed by atoms with Gasteiger partial charge < -0.3 is 18.9 Å². The molecule has 0 amide bonds. The van der Waals surface area contributed by atoms with Gasteiger partial charge in [-0.15, -0.1) is 0 Å². The Morgan fingerprint density at radius 1 is 1.14 bits per heavy atom. The molecule has 0 aromatic heterocycles. The number of rotatable bonds is 8. The first kappa shape index (κ1) is 20.9. The maximum atomic E-state index is 12.3.